The third-order valence-corrected chi connectivity index (χ3v) is 3.29. The minimum absolute atomic E-state index is 0.280. The first-order valence-corrected chi connectivity index (χ1v) is 5.94. The monoisotopic (exact) mass is 388 g/mol. The van der Waals surface area contributed by atoms with Crippen LogP contribution in [0.15, 0.2) is 18.2 Å². The Morgan fingerprint density at radius 1 is 1.25 bits per heavy atom. The van der Waals surface area contributed by atoms with Crippen LogP contribution in [0.5, 0.6) is 0 Å². The molecule has 0 spiro atoms. The molecule has 0 saturated heterocycles. The van der Waals surface area contributed by atoms with Crippen molar-refractivity contribution in [2.45, 2.75) is 12.8 Å². The molecule has 0 aliphatic heterocycles. The van der Waals surface area contributed by atoms with Gasteiger partial charge in [0.1, 0.15) is 0 Å². The van der Waals surface area contributed by atoms with E-state index in [1.165, 1.54) is 12.7 Å². The molecule has 0 amide bonds. The van der Waals surface area contributed by atoms with Crippen molar-refractivity contribution in [1.29, 1.82) is 0 Å². The number of hydrogen-bond donors (Lipinski definition) is 1. The number of aliphatic hydroxyl groups is 1. The average Bonchev–Trinajstić information content (AvgIpc) is 2.03. The molecule has 66 valence electrons. The molecule has 1 aromatic rings. The standard InChI is InChI=1S/C9H10I2O/c10-8-4-3-7(2-1-5-12)9(11)6-8/h3-4,6,12H,1-2,5H2. The van der Waals surface area contributed by atoms with Gasteiger partial charge in [0, 0.05) is 13.7 Å². The highest BCUT2D eigenvalue weighted by Crippen LogP contribution is 2.17. The average molecular weight is 388 g/mol. The molecular weight excluding hydrogens is 378 g/mol. The zero-order valence-electron chi connectivity index (χ0n) is 6.56. The molecule has 0 atom stereocenters. The molecule has 0 heterocycles. The number of aliphatic hydroxyl groups excluding tert-OH is 1. The minimum atomic E-state index is 0.280. The fraction of sp³-hybridized carbons (Fsp3) is 0.333. The van der Waals surface area contributed by atoms with Crippen molar-refractivity contribution in [1.82, 2.24) is 0 Å². The van der Waals surface area contributed by atoms with Crippen LogP contribution in [0.25, 0.3) is 0 Å². The third-order valence-electron chi connectivity index (χ3n) is 1.62. The van der Waals surface area contributed by atoms with Crippen LogP contribution in [0.2, 0.25) is 0 Å². The highest BCUT2D eigenvalue weighted by molar-refractivity contribution is 14.1. The van der Waals surface area contributed by atoms with Crippen molar-refractivity contribution >= 4 is 45.2 Å². The van der Waals surface area contributed by atoms with Gasteiger partial charge in [0.2, 0.25) is 0 Å². The minimum Gasteiger partial charge on any atom is -0.396 e. The Labute approximate surface area is 99.8 Å². The fourth-order valence-electron chi connectivity index (χ4n) is 0.994. The molecule has 0 saturated carbocycles. The van der Waals surface area contributed by atoms with Crippen molar-refractivity contribution in [3.8, 4) is 0 Å². The van der Waals surface area contributed by atoms with E-state index in [1.54, 1.807) is 0 Å². The largest absolute Gasteiger partial charge is 0.396 e. The second-order valence-electron chi connectivity index (χ2n) is 2.56. The smallest absolute Gasteiger partial charge is 0.0434 e. The molecule has 1 nitrogen and oxygen atoms in total. The van der Waals surface area contributed by atoms with Crippen LogP contribution in [0, 0.1) is 7.14 Å². The van der Waals surface area contributed by atoms with Crippen LogP contribution in [-0.2, 0) is 6.42 Å². The predicted octanol–water partition coefficient (Wildman–Crippen LogP) is 2.82. The number of rotatable bonds is 3. The summed E-state index contributed by atoms with van der Waals surface area (Å²) < 4.78 is 2.57. The Kier molecular flexibility index (Phi) is 4.81. The van der Waals surface area contributed by atoms with Crippen LogP contribution in [0.4, 0.5) is 0 Å². The predicted molar refractivity (Wildman–Crippen MR) is 67.3 cm³/mol. The summed E-state index contributed by atoms with van der Waals surface area (Å²) in [5.74, 6) is 0. The molecule has 0 unspecified atom stereocenters. The highest BCUT2D eigenvalue weighted by Gasteiger charge is 1.99. The first-order chi connectivity index (χ1) is 5.74. The summed E-state index contributed by atoms with van der Waals surface area (Å²) in [5, 5.41) is 8.67. The topological polar surface area (TPSA) is 20.2 Å². The zero-order chi connectivity index (χ0) is 8.97. The van der Waals surface area contributed by atoms with E-state index < -0.39 is 0 Å². The van der Waals surface area contributed by atoms with E-state index in [9.17, 15) is 0 Å². The Balaban J connectivity index is 2.72. The highest BCUT2D eigenvalue weighted by atomic mass is 127. The molecule has 0 radical (unpaired) electrons. The fourth-order valence-corrected chi connectivity index (χ4v) is 2.87. The van der Waals surface area contributed by atoms with E-state index in [0.29, 0.717) is 0 Å². The van der Waals surface area contributed by atoms with E-state index in [-0.39, 0.29) is 6.61 Å². The molecular formula is C9H10I2O. The maximum absolute atomic E-state index is 8.67. The lowest BCUT2D eigenvalue weighted by Gasteiger charge is -2.02. The van der Waals surface area contributed by atoms with Crippen molar-refractivity contribution in [2.24, 2.45) is 0 Å². The molecule has 1 rings (SSSR count). The normalized spacial score (nSPS) is 10.2. The van der Waals surface area contributed by atoms with E-state index in [1.807, 2.05) is 0 Å². The molecule has 0 fully saturated rings. The van der Waals surface area contributed by atoms with Gasteiger partial charge in [-0.25, -0.2) is 0 Å². The van der Waals surface area contributed by atoms with Crippen molar-refractivity contribution in [3.63, 3.8) is 0 Å². The zero-order valence-corrected chi connectivity index (χ0v) is 10.9. The van der Waals surface area contributed by atoms with Crippen molar-refractivity contribution in [2.75, 3.05) is 6.61 Å². The van der Waals surface area contributed by atoms with Crippen LogP contribution in [0.3, 0.4) is 0 Å². The summed E-state index contributed by atoms with van der Waals surface area (Å²) in [5.41, 5.74) is 1.34. The second kappa shape index (κ2) is 5.39. The Bertz CT molecular complexity index is 261. The summed E-state index contributed by atoms with van der Waals surface area (Å²) >= 11 is 4.64. The van der Waals surface area contributed by atoms with Gasteiger partial charge in [-0.2, -0.15) is 0 Å². The van der Waals surface area contributed by atoms with Gasteiger partial charge < -0.3 is 5.11 Å². The van der Waals surface area contributed by atoms with E-state index in [0.717, 1.165) is 12.8 Å². The number of benzene rings is 1. The van der Waals surface area contributed by atoms with Crippen LogP contribution < -0.4 is 0 Å². The summed E-state index contributed by atoms with van der Waals surface area (Å²) in [7, 11) is 0. The summed E-state index contributed by atoms with van der Waals surface area (Å²) in [4.78, 5) is 0. The molecule has 1 aromatic carbocycles. The lowest BCUT2D eigenvalue weighted by atomic mass is 10.1. The van der Waals surface area contributed by atoms with Crippen molar-refractivity contribution in [3.05, 3.63) is 30.9 Å². The van der Waals surface area contributed by atoms with Gasteiger partial charge in [-0.15, -0.1) is 0 Å². The maximum atomic E-state index is 8.67. The molecule has 0 aliphatic carbocycles. The van der Waals surface area contributed by atoms with Crippen LogP contribution in [0.1, 0.15) is 12.0 Å². The lowest BCUT2D eigenvalue weighted by Crippen LogP contribution is -1.92. The molecule has 3 heteroatoms. The summed E-state index contributed by atoms with van der Waals surface area (Å²) in [6.07, 6.45) is 1.84. The number of halogens is 2. The van der Waals surface area contributed by atoms with Gasteiger partial charge in [-0.05, 0) is 75.7 Å². The van der Waals surface area contributed by atoms with Gasteiger partial charge in [-0.1, -0.05) is 6.07 Å². The van der Waals surface area contributed by atoms with Crippen LogP contribution >= 0.6 is 45.2 Å². The van der Waals surface area contributed by atoms with Gasteiger partial charge in [0.25, 0.3) is 0 Å². The molecule has 0 aliphatic rings. The summed E-state index contributed by atoms with van der Waals surface area (Å²) in [6, 6.07) is 6.41. The molecule has 0 aromatic heterocycles. The molecule has 1 N–H and O–H groups in total. The van der Waals surface area contributed by atoms with Gasteiger partial charge in [0.05, 0.1) is 0 Å². The SMILES string of the molecule is OCCCc1ccc(I)cc1I. The third kappa shape index (κ3) is 3.18. The van der Waals surface area contributed by atoms with Gasteiger partial charge in [0.15, 0.2) is 0 Å². The maximum Gasteiger partial charge on any atom is 0.0434 e. The van der Waals surface area contributed by atoms with E-state index in [4.69, 9.17) is 5.11 Å². The van der Waals surface area contributed by atoms with Gasteiger partial charge in [-0.3, -0.25) is 0 Å². The Morgan fingerprint density at radius 3 is 2.58 bits per heavy atom. The first kappa shape index (κ1) is 10.7. The van der Waals surface area contributed by atoms with E-state index >= 15 is 0 Å². The van der Waals surface area contributed by atoms with Crippen LogP contribution in [-0.4, -0.2) is 11.7 Å². The number of aryl methyl sites for hydroxylation is 1. The lowest BCUT2D eigenvalue weighted by molar-refractivity contribution is 0.288. The Hall–Kier alpha value is 0.640. The molecule has 12 heavy (non-hydrogen) atoms. The van der Waals surface area contributed by atoms with Crippen molar-refractivity contribution < 1.29 is 5.11 Å². The van der Waals surface area contributed by atoms with E-state index in [2.05, 4.69) is 63.4 Å². The van der Waals surface area contributed by atoms with Gasteiger partial charge >= 0.3 is 0 Å². The first-order valence-electron chi connectivity index (χ1n) is 3.79. The number of hydrogen-bond acceptors (Lipinski definition) is 1. The Morgan fingerprint density at radius 2 is 2.00 bits per heavy atom. The molecule has 0 bridgehead atoms. The second-order valence-corrected chi connectivity index (χ2v) is 4.97. The summed E-state index contributed by atoms with van der Waals surface area (Å²) in [6.45, 7) is 0.280. The quantitative estimate of drug-likeness (QED) is 0.791.